The lowest BCUT2D eigenvalue weighted by molar-refractivity contribution is -0.134. The van der Waals surface area contributed by atoms with Gasteiger partial charge in [0.1, 0.15) is 5.75 Å². The van der Waals surface area contributed by atoms with Gasteiger partial charge in [-0.15, -0.1) is 0 Å². The Bertz CT molecular complexity index is 533. The van der Waals surface area contributed by atoms with Crippen molar-refractivity contribution in [2.24, 2.45) is 5.92 Å². The second-order valence-corrected chi connectivity index (χ2v) is 5.64. The first-order valence-corrected chi connectivity index (χ1v) is 7.22. The van der Waals surface area contributed by atoms with Gasteiger partial charge in [0.2, 0.25) is 0 Å². The van der Waals surface area contributed by atoms with Crippen LogP contribution in [0.15, 0.2) is 18.2 Å². The summed E-state index contributed by atoms with van der Waals surface area (Å²) in [7, 11) is 0. The smallest absolute Gasteiger partial charge is 0.335 e. The molecule has 0 atom stereocenters. The quantitative estimate of drug-likeness (QED) is 0.924. The molecule has 1 aliphatic rings. The van der Waals surface area contributed by atoms with Gasteiger partial charge >= 0.3 is 5.97 Å². The van der Waals surface area contributed by atoms with Crippen LogP contribution in [-0.4, -0.2) is 41.6 Å². The zero-order valence-electron chi connectivity index (χ0n) is 12.5. The van der Waals surface area contributed by atoms with Crippen molar-refractivity contribution in [3.05, 3.63) is 29.3 Å². The van der Waals surface area contributed by atoms with Crippen LogP contribution in [0.1, 0.15) is 35.7 Å². The summed E-state index contributed by atoms with van der Waals surface area (Å²) in [6, 6.07) is 4.63. The summed E-state index contributed by atoms with van der Waals surface area (Å²) in [5.41, 5.74) is 0.936. The fourth-order valence-electron chi connectivity index (χ4n) is 2.43. The summed E-state index contributed by atoms with van der Waals surface area (Å²) < 4.78 is 5.53. The highest BCUT2D eigenvalue weighted by atomic mass is 16.5. The number of nitrogens with zero attached hydrogens (tertiary/aromatic N) is 1. The SMILES string of the molecule is Cc1cc(C(=O)O)ccc1OCC(=O)N1CCC(C)CC1. The number of aromatic carboxylic acids is 1. The largest absolute Gasteiger partial charge is 0.483 e. The van der Waals surface area contributed by atoms with Crippen LogP contribution in [0, 0.1) is 12.8 Å². The number of carboxylic acid groups (broad SMARTS) is 1. The van der Waals surface area contributed by atoms with Crippen molar-refractivity contribution in [2.45, 2.75) is 26.7 Å². The van der Waals surface area contributed by atoms with E-state index in [1.54, 1.807) is 19.1 Å². The van der Waals surface area contributed by atoms with Crippen molar-refractivity contribution < 1.29 is 19.4 Å². The van der Waals surface area contributed by atoms with E-state index in [1.807, 2.05) is 4.90 Å². The van der Waals surface area contributed by atoms with Crippen LogP contribution in [0.5, 0.6) is 5.75 Å². The molecule has 1 aromatic carbocycles. The number of rotatable bonds is 4. The van der Waals surface area contributed by atoms with Gasteiger partial charge in [0.15, 0.2) is 6.61 Å². The molecule has 0 aromatic heterocycles. The highest BCUT2D eigenvalue weighted by Gasteiger charge is 2.20. The molecule has 5 nitrogen and oxygen atoms in total. The van der Waals surface area contributed by atoms with Gasteiger partial charge in [-0.2, -0.15) is 0 Å². The van der Waals surface area contributed by atoms with E-state index in [9.17, 15) is 9.59 Å². The van der Waals surface area contributed by atoms with Gasteiger partial charge in [-0.25, -0.2) is 4.79 Å². The molecule has 5 heteroatoms. The van der Waals surface area contributed by atoms with E-state index in [-0.39, 0.29) is 18.1 Å². The maximum atomic E-state index is 12.1. The Kier molecular flexibility index (Phi) is 4.83. The first kappa shape index (κ1) is 15.4. The molecule has 1 fully saturated rings. The lowest BCUT2D eigenvalue weighted by Crippen LogP contribution is -2.40. The van der Waals surface area contributed by atoms with Crippen LogP contribution < -0.4 is 4.74 Å². The number of carbonyl (C=O) groups is 2. The monoisotopic (exact) mass is 291 g/mol. The third kappa shape index (κ3) is 3.97. The molecule has 1 heterocycles. The van der Waals surface area contributed by atoms with Crippen molar-refractivity contribution in [2.75, 3.05) is 19.7 Å². The Morgan fingerprint density at radius 2 is 2.00 bits per heavy atom. The number of hydrogen-bond donors (Lipinski definition) is 1. The number of hydrogen-bond acceptors (Lipinski definition) is 3. The summed E-state index contributed by atoms with van der Waals surface area (Å²) in [5, 5.41) is 8.91. The highest BCUT2D eigenvalue weighted by molar-refractivity contribution is 5.88. The van der Waals surface area contributed by atoms with E-state index in [4.69, 9.17) is 9.84 Å². The van der Waals surface area contributed by atoms with Gasteiger partial charge in [-0.1, -0.05) is 6.92 Å². The second-order valence-electron chi connectivity index (χ2n) is 5.64. The zero-order valence-corrected chi connectivity index (χ0v) is 12.5. The van der Waals surface area contributed by atoms with Crippen molar-refractivity contribution in [3.8, 4) is 5.75 Å². The third-order valence-corrected chi connectivity index (χ3v) is 3.91. The average Bonchev–Trinajstić information content (AvgIpc) is 2.46. The van der Waals surface area contributed by atoms with Gasteiger partial charge in [-0.3, -0.25) is 4.79 Å². The van der Waals surface area contributed by atoms with Gasteiger partial charge in [0, 0.05) is 13.1 Å². The van der Waals surface area contributed by atoms with Gasteiger partial charge in [0.05, 0.1) is 5.56 Å². The maximum absolute atomic E-state index is 12.1. The molecule has 0 bridgehead atoms. The Labute approximate surface area is 124 Å². The van der Waals surface area contributed by atoms with Crippen LogP contribution in [0.3, 0.4) is 0 Å². The third-order valence-electron chi connectivity index (χ3n) is 3.91. The number of ether oxygens (including phenoxy) is 1. The maximum Gasteiger partial charge on any atom is 0.335 e. The fourth-order valence-corrected chi connectivity index (χ4v) is 2.43. The minimum atomic E-state index is -0.969. The molecule has 21 heavy (non-hydrogen) atoms. The topological polar surface area (TPSA) is 66.8 Å². The Morgan fingerprint density at radius 1 is 1.33 bits per heavy atom. The first-order chi connectivity index (χ1) is 9.97. The van der Waals surface area contributed by atoms with Gasteiger partial charge in [-0.05, 0) is 49.4 Å². The molecule has 0 saturated carbocycles. The number of aryl methyl sites for hydroxylation is 1. The van der Waals surface area contributed by atoms with E-state index in [0.29, 0.717) is 11.7 Å². The standard InChI is InChI=1S/C16H21NO4/c1-11-5-7-17(8-6-11)15(18)10-21-14-4-3-13(16(19)20)9-12(14)2/h3-4,9,11H,5-8,10H2,1-2H3,(H,19,20). The second kappa shape index (κ2) is 6.61. The van der Waals surface area contributed by atoms with Crippen molar-refractivity contribution in [1.82, 2.24) is 4.90 Å². The Morgan fingerprint density at radius 3 is 2.57 bits per heavy atom. The Balaban J connectivity index is 1.91. The molecule has 0 aliphatic carbocycles. The molecule has 1 saturated heterocycles. The van der Waals surface area contributed by atoms with Crippen LogP contribution >= 0.6 is 0 Å². The number of benzene rings is 1. The fraction of sp³-hybridized carbons (Fsp3) is 0.500. The lowest BCUT2D eigenvalue weighted by atomic mass is 9.99. The van der Waals surface area contributed by atoms with E-state index >= 15 is 0 Å². The van der Waals surface area contributed by atoms with E-state index in [2.05, 4.69) is 6.92 Å². The first-order valence-electron chi connectivity index (χ1n) is 7.22. The van der Waals surface area contributed by atoms with E-state index < -0.39 is 5.97 Å². The highest BCUT2D eigenvalue weighted by Crippen LogP contribution is 2.20. The molecule has 2 rings (SSSR count). The van der Waals surface area contributed by atoms with Gasteiger partial charge < -0.3 is 14.7 Å². The molecule has 1 aromatic rings. The molecule has 0 unspecified atom stereocenters. The molecule has 1 aliphatic heterocycles. The van der Waals surface area contributed by atoms with Crippen molar-refractivity contribution >= 4 is 11.9 Å². The predicted molar refractivity (Wildman–Crippen MR) is 78.6 cm³/mol. The molecule has 1 N–H and O–H groups in total. The lowest BCUT2D eigenvalue weighted by Gasteiger charge is -2.30. The van der Waals surface area contributed by atoms with E-state index in [0.717, 1.165) is 31.5 Å². The number of amides is 1. The minimum Gasteiger partial charge on any atom is -0.483 e. The molecule has 114 valence electrons. The van der Waals surface area contributed by atoms with Crippen molar-refractivity contribution in [1.29, 1.82) is 0 Å². The van der Waals surface area contributed by atoms with Crippen LogP contribution in [0.2, 0.25) is 0 Å². The summed E-state index contributed by atoms with van der Waals surface area (Å²) in [5.74, 6) is 0.256. The Hall–Kier alpha value is -2.04. The average molecular weight is 291 g/mol. The molecule has 1 amide bonds. The zero-order chi connectivity index (χ0) is 15.4. The molecule has 0 radical (unpaired) electrons. The van der Waals surface area contributed by atoms with Crippen LogP contribution in [-0.2, 0) is 4.79 Å². The number of piperidine rings is 1. The van der Waals surface area contributed by atoms with Crippen molar-refractivity contribution in [3.63, 3.8) is 0 Å². The molecular weight excluding hydrogens is 270 g/mol. The number of carbonyl (C=O) groups excluding carboxylic acids is 1. The summed E-state index contributed by atoms with van der Waals surface area (Å²) in [6.45, 7) is 5.56. The summed E-state index contributed by atoms with van der Waals surface area (Å²) in [6.07, 6.45) is 2.08. The molecule has 0 spiro atoms. The van der Waals surface area contributed by atoms with Gasteiger partial charge in [0.25, 0.3) is 5.91 Å². The predicted octanol–water partition coefficient (Wildman–Crippen LogP) is 2.33. The minimum absolute atomic E-state index is 0.00163. The normalized spacial score (nSPS) is 15.8. The van der Waals surface area contributed by atoms with E-state index in [1.165, 1.54) is 6.07 Å². The van der Waals surface area contributed by atoms with Crippen LogP contribution in [0.25, 0.3) is 0 Å². The summed E-state index contributed by atoms with van der Waals surface area (Å²) in [4.78, 5) is 24.8. The molecular formula is C16H21NO4. The number of carboxylic acids is 1. The summed E-state index contributed by atoms with van der Waals surface area (Å²) >= 11 is 0. The number of likely N-dealkylation sites (tertiary alicyclic amines) is 1. The van der Waals surface area contributed by atoms with Crippen LogP contribution in [0.4, 0.5) is 0 Å².